The zero-order valence-electron chi connectivity index (χ0n) is 28.0. The number of hydrogen-bond acceptors (Lipinski definition) is 6. The zero-order valence-corrected chi connectivity index (χ0v) is 29.8. The highest BCUT2D eigenvalue weighted by molar-refractivity contribution is 7.90. The van der Waals surface area contributed by atoms with Gasteiger partial charge in [0.05, 0.1) is 33.6 Å². The summed E-state index contributed by atoms with van der Waals surface area (Å²) in [6.07, 6.45) is -5.19. The van der Waals surface area contributed by atoms with Crippen LogP contribution >= 0.6 is 0 Å². The van der Waals surface area contributed by atoms with Crippen molar-refractivity contribution in [2.45, 2.75) is 103 Å². The van der Waals surface area contributed by atoms with Crippen molar-refractivity contribution in [3.63, 3.8) is 0 Å². The molecule has 4 atom stereocenters. The number of fused-ring (bicyclic) bond motifs is 2. The Labute approximate surface area is 273 Å². The van der Waals surface area contributed by atoms with Gasteiger partial charge in [-0.25, -0.2) is 18.2 Å². The first kappa shape index (κ1) is 36.1. The molecule has 0 spiro atoms. The van der Waals surface area contributed by atoms with E-state index in [1.54, 1.807) is 74.7 Å². The summed E-state index contributed by atoms with van der Waals surface area (Å²) in [5.74, 6) is -0.742. The van der Waals surface area contributed by atoms with Gasteiger partial charge in [0.25, 0.3) is 11.8 Å². The molecule has 1 aliphatic rings. The van der Waals surface area contributed by atoms with Crippen LogP contribution in [0.5, 0.6) is 0 Å². The Morgan fingerprint density at radius 3 is 2.11 bits per heavy atom. The highest BCUT2D eigenvalue weighted by Gasteiger charge is 2.48. The Bertz CT molecular complexity index is 1550. The summed E-state index contributed by atoms with van der Waals surface area (Å²) in [6.45, 7) is 16.1. The highest BCUT2D eigenvalue weighted by Crippen LogP contribution is 2.40. The molecule has 0 saturated heterocycles. The third-order valence-corrected chi connectivity index (χ3v) is 11.6. The molecule has 1 N–H and O–H groups in total. The molecule has 0 saturated carbocycles. The number of nitrogens with one attached hydrogen (secondary N) is 1. The summed E-state index contributed by atoms with van der Waals surface area (Å²) in [4.78, 5) is 32.4. The molecule has 8 nitrogen and oxygen atoms in total. The smallest absolute Gasteiger partial charge is 0.262 e. The summed E-state index contributed by atoms with van der Waals surface area (Å²) in [5.41, 5.74) is 0.105. The van der Waals surface area contributed by atoms with Gasteiger partial charge >= 0.3 is 0 Å². The van der Waals surface area contributed by atoms with Crippen molar-refractivity contribution in [2.75, 3.05) is 6.61 Å². The van der Waals surface area contributed by atoms with Crippen LogP contribution in [0.3, 0.4) is 0 Å². The monoisotopic (exact) mass is 678 g/mol. The Hall–Kier alpha value is -2.71. The maximum Gasteiger partial charge on any atom is 0.262 e. The molecule has 1 aromatic heterocycles. The van der Waals surface area contributed by atoms with E-state index in [0.717, 1.165) is 19.9 Å². The molecule has 13 heteroatoms. The van der Waals surface area contributed by atoms with E-state index < -0.39 is 66.1 Å². The number of halogens is 3. The Kier molecular flexibility index (Phi) is 10.5. The fraction of sp³-hybridized carbons (Fsp3) is 0.545. The SMILES string of the molecule is C[C@H](c1ccc2nc([C@@H](N[S+]([O-])C(C)(C)C)C(F)C(C)(C)C(F)F)n(COCC[Si](C)(C)C)c2c1)N1C(=O)c2ccccc2C1=O. The van der Waals surface area contributed by atoms with Gasteiger partial charge in [-0.3, -0.25) is 14.5 Å². The number of imide groups is 1. The summed E-state index contributed by atoms with van der Waals surface area (Å²) < 4.78 is 67.7. The van der Waals surface area contributed by atoms with Crippen LogP contribution in [0.4, 0.5) is 13.2 Å². The number of rotatable bonds is 13. The molecule has 0 radical (unpaired) electrons. The normalized spacial score (nSPS) is 17.1. The largest absolute Gasteiger partial charge is 0.598 e. The van der Waals surface area contributed by atoms with E-state index in [1.807, 2.05) is 0 Å². The third kappa shape index (κ3) is 7.38. The Balaban J connectivity index is 1.82. The van der Waals surface area contributed by atoms with Gasteiger partial charge in [-0.2, -0.15) is 0 Å². The van der Waals surface area contributed by atoms with E-state index in [4.69, 9.17) is 9.72 Å². The molecule has 2 aromatic carbocycles. The number of ether oxygens (including phenoxy) is 1. The van der Waals surface area contributed by atoms with Crippen molar-refractivity contribution in [3.8, 4) is 0 Å². The second kappa shape index (κ2) is 13.4. The van der Waals surface area contributed by atoms with Crippen LogP contribution < -0.4 is 4.72 Å². The van der Waals surface area contributed by atoms with Crippen LogP contribution in [0.1, 0.15) is 85.7 Å². The van der Waals surface area contributed by atoms with Crippen molar-refractivity contribution >= 4 is 42.3 Å². The molecule has 0 bridgehead atoms. The molecular formula is C33H45F3N4O4SSi. The van der Waals surface area contributed by atoms with E-state index in [0.29, 0.717) is 34.3 Å². The standard InChI is InChI=1S/C33H45F3N4O4SSi/c1-20(40-29(41)22-12-10-11-13-23(22)30(40)42)21-14-15-24-25(18-21)39(19-44-16-17-46(7,8)9)28(37-24)26(38-45(43)32(2,3)4)27(34)33(5,6)31(35)36/h10-15,18,20,26-27,31,38H,16-17,19H2,1-9H3/t20-,26+,27?,45?/m1/s1. The summed E-state index contributed by atoms with van der Waals surface area (Å²) in [5, 5.41) is 0. The zero-order chi connectivity index (χ0) is 34.4. The lowest BCUT2D eigenvalue weighted by molar-refractivity contribution is -0.0462. The third-order valence-electron chi connectivity index (χ3n) is 8.35. The number of alkyl halides is 3. The van der Waals surface area contributed by atoms with E-state index in [9.17, 15) is 22.9 Å². The molecule has 0 fully saturated rings. The fourth-order valence-electron chi connectivity index (χ4n) is 5.12. The number of amides is 2. The lowest BCUT2D eigenvalue weighted by Crippen LogP contribution is -2.49. The molecular weight excluding hydrogens is 634 g/mol. The predicted octanol–water partition coefficient (Wildman–Crippen LogP) is 7.43. The first-order chi connectivity index (χ1) is 21.3. The molecule has 0 aliphatic carbocycles. The second-order valence-electron chi connectivity index (χ2n) is 14.7. The number of benzene rings is 2. The average Bonchev–Trinajstić information content (AvgIpc) is 3.45. The number of carbonyl (C=O) groups excluding carboxylic acids is 2. The highest BCUT2D eigenvalue weighted by atomic mass is 32.2. The van der Waals surface area contributed by atoms with Crippen molar-refractivity contribution < 1.29 is 32.0 Å². The van der Waals surface area contributed by atoms with Crippen molar-refractivity contribution in [1.29, 1.82) is 0 Å². The lowest BCUT2D eigenvalue weighted by atomic mass is 9.84. The van der Waals surface area contributed by atoms with Crippen LogP contribution in [-0.4, -0.2) is 62.8 Å². The number of aromatic nitrogens is 2. The molecule has 2 heterocycles. The van der Waals surface area contributed by atoms with Crippen LogP contribution in [-0.2, 0) is 22.8 Å². The summed E-state index contributed by atoms with van der Waals surface area (Å²) in [7, 11) is -1.46. The molecule has 252 valence electrons. The van der Waals surface area contributed by atoms with E-state index >= 15 is 4.39 Å². The van der Waals surface area contributed by atoms with Crippen LogP contribution in [0.15, 0.2) is 42.5 Å². The minimum Gasteiger partial charge on any atom is -0.598 e. The Morgan fingerprint density at radius 2 is 1.59 bits per heavy atom. The van der Waals surface area contributed by atoms with Crippen LogP contribution in [0.2, 0.25) is 25.7 Å². The van der Waals surface area contributed by atoms with Gasteiger partial charge < -0.3 is 13.9 Å². The first-order valence-electron chi connectivity index (χ1n) is 15.4. The van der Waals surface area contributed by atoms with Crippen molar-refractivity contribution in [1.82, 2.24) is 19.2 Å². The van der Waals surface area contributed by atoms with Crippen molar-refractivity contribution in [2.24, 2.45) is 5.41 Å². The van der Waals surface area contributed by atoms with Gasteiger partial charge in [-0.1, -0.05) is 51.7 Å². The van der Waals surface area contributed by atoms with Gasteiger partial charge in [0.15, 0.2) is 0 Å². The van der Waals surface area contributed by atoms with Crippen molar-refractivity contribution in [3.05, 3.63) is 65.0 Å². The first-order valence-corrected chi connectivity index (χ1v) is 20.3. The molecule has 2 unspecified atom stereocenters. The number of imidazole rings is 1. The second-order valence-corrected chi connectivity index (χ2v) is 22.3. The van der Waals surface area contributed by atoms with Crippen LogP contribution in [0.25, 0.3) is 11.0 Å². The van der Waals surface area contributed by atoms with E-state index in [-0.39, 0.29) is 12.6 Å². The molecule has 1 aliphatic heterocycles. The summed E-state index contributed by atoms with van der Waals surface area (Å²) in [6, 6.07) is 10.5. The van der Waals surface area contributed by atoms with E-state index in [2.05, 4.69) is 24.4 Å². The summed E-state index contributed by atoms with van der Waals surface area (Å²) >= 11 is -1.83. The van der Waals surface area contributed by atoms with Gasteiger partial charge in [-0.15, -0.1) is 4.72 Å². The quantitative estimate of drug-likeness (QED) is 0.0874. The Morgan fingerprint density at radius 1 is 1.00 bits per heavy atom. The van der Waals surface area contributed by atoms with Crippen LogP contribution in [0, 0.1) is 5.41 Å². The van der Waals surface area contributed by atoms with Gasteiger partial charge in [-0.05, 0) is 63.6 Å². The minimum absolute atomic E-state index is 0.0624. The molecule has 3 aromatic rings. The van der Waals surface area contributed by atoms with E-state index in [1.165, 1.54) is 4.90 Å². The fourth-order valence-corrected chi connectivity index (χ4v) is 6.69. The lowest BCUT2D eigenvalue weighted by Gasteiger charge is -2.35. The van der Waals surface area contributed by atoms with Gasteiger partial charge in [0.2, 0.25) is 6.43 Å². The molecule has 4 rings (SSSR count). The number of hydrogen-bond donors (Lipinski definition) is 1. The maximum atomic E-state index is 16.4. The van der Waals surface area contributed by atoms with Gasteiger partial charge in [0.1, 0.15) is 29.5 Å². The topological polar surface area (TPSA) is 99.5 Å². The van der Waals surface area contributed by atoms with Gasteiger partial charge in [0, 0.05) is 26.0 Å². The number of nitrogens with zero attached hydrogens (tertiary/aromatic N) is 3. The average molecular weight is 679 g/mol. The maximum absolute atomic E-state index is 16.4. The number of carbonyl (C=O) groups is 2. The predicted molar refractivity (Wildman–Crippen MR) is 178 cm³/mol. The molecule has 46 heavy (non-hydrogen) atoms. The molecule has 2 amide bonds. The minimum atomic E-state index is -3.01.